The molecule has 8 heteroatoms. The fourth-order valence-corrected chi connectivity index (χ4v) is 2.07. The van der Waals surface area contributed by atoms with Crippen molar-refractivity contribution in [3.63, 3.8) is 0 Å². The van der Waals surface area contributed by atoms with Crippen molar-refractivity contribution in [2.24, 2.45) is 0 Å². The van der Waals surface area contributed by atoms with Crippen LogP contribution in [0.2, 0.25) is 0 Å². The number of benzene rings is 1. The summed E-state index contributed by atoms with van der Waals surface area (Å²) in [6.07, 6.45) is -1.29. The minimum Gasteiger partial charge on any atom is -0.396 e. The van der Waals surface area contributed by atoms with Crippen molar-refractivity contribution in [3.05, 3.63) is 40.6 Å². The van der Waals surface area contributed by atoms with Crippen LogP contribution in [0.4, 0.5) is 24.5 Å². The van der Waals surface area contributed by atoms with Crippen molar-refractivity contribution in [1.29, 1.82) is 0 Å². The number of hydrogen-bond donors (Lipinski definition) is 2. The maximum absolute atomic E-state index is 12.9. The van der Waals surface area contributed by atoms with Gasteiger partial charge in [0.1, 0.15) is 0 Å². The van der Waals surface area contributed by atoms with Gasteiger partial charge in [-0.15, -0.1) is 0 Å². The van der Waals surface area contributed by atoms with Crippen LogP contribution in [0.25, 0.3) is 0 Å². The quantitative estimate of drug-likeness (QED) is 0.890. The van der Waals surface area contributed by atoms with Gasteiger partial charge in [-0.3, -0.25) is 4.68 Å². The highest BCUT2D eigenvalue weighted by molar-refractivity contribution is 9.10. The number of nitrogen functional groups attached to an aromatic ring is 1. The first kappa shape index (κ1) is 14.7. The first-order chi connectivity index (χ1) is 9.36. The Kier molecular flexibility index (Phi) is 4.22. The third-order valence-electron chi connectivity index (χ3n) is 2.60. The van der Waals surface area contributed by atoms with Crippen molar-refractivity contribution >= 4 is 27.3 Å². The summed E-state index contributed by atoms with van der Waals surface area (Å²) in [7, 11) is 0. The second-order valence-electron chi connectivity index (χ2n) is 4.15. The van der Waals surface area contributed by atoms with Gasteiger partial charge < -0.3 is 11.1 Å². The molecule has 0 radical (unpaired) electrons. The number of rotatable bonds is 4. The van der Waals surface area contributed by atoms with E-state index in [0.29, 0.717) is 23.2 Å². The van der Waals surface area contributed by atoms with Crippen LogP contribution >= 0.6 is 15.9 Å². The van der Waals surface area contributed by atoms with Crippen molar-refractivity contribution in [2.45, 2.75) is 12.7 Å². The molecule has 1 heterocycles. The molecule has 2 rings (SSSR count). The Balaban J connectivity index is 2.06. The summed E-state index contributed by atoms with van der Waals surface area (Å²) in [6.45, 7) is 0.733. The Morgan fingerprint density at radius 3 is 2.70 bits per heavy atom. The van der Waals surface area contributed by atoms with Crippen LogP contribution in [0.15, 0.2) is 35.1 Å². The molecular formula is C12H12BrF3N4. The average Bonchev–Trinajstić information content (AvgIpc) is 2.76. The first-order valence-electron chi connectivity index (χ1n) is 5.75. The van der Waals surface area contributed by atoms with E-state index >= 15 is 0 Å². The average molecular weight is 349 g/mol. The summed E-state index contributed by atoms with van der Waals surface area (Å²) in [4.78, 5) is 0. The lowest BCUT2D eigenvalue weighted by atomic mass is 10.1. The summed E-state index contributed by atoms with van der Waals surface area (Å²) in [5.41, 5.74) is 5.36. The standard InChI is InChI=1S/C12H12BrF3N4/c13-8-1-2-11(10(5-8)12(14,15)16)18-3-4-20-7-9(17)6-19-20/h1-2,5-7,18H,3-4,17H2. The van der Waals surface area contributed by atoms with Gasteiger partial charge in [0, 0.05) is 22.9 Å². The molecule has 0 aliphatic heterocycles. The van der Waals surface area contributed by atoms with Crippen LogP contribution in [0, 0.1) is 0 Å². The Morgan fingerprint density at radius 2 is 2.10 bits per heavy atom. The van der Waals surface area contributed by atoms with Crippen molar-refractivity contribution < 1.29 is 13.2 Å². The number of aromatic nitrogens is 2. The Morgan fingerprint density at radius 1 is 1.35 bits per heavy atom. The minimum atomic E-state index is -4.40. The molecule has 0 saturated heterocycles. The largest absolute Gasteiger partial charge is 0.418 e. The summed E-state index contributed by atoms with van der Waals surface area (Å²) >= 11 is 3.04. The molecule has 0 unspecified atom stereocenters. The smallest absolute Gasteiger partial charge is 0.396 e. The van der Waals surface area contributed by atoms with E-state index in [1.807, 2.05) is 0 Å². The van der Waals surface area contributed by atoms with Crippen LogP contribution in [-0.4, -0.2) is 16.3 Å². The molecule has 0 bridgehead atoms. The van der Waals surface area contributed by atoms with Crippen molar-refractivity contribution in [1.82, 2.24) is 9.78 Å². The molecule has 0 saturated carbocycles. The number of nitrogens with one attached hydrogen (secondary N) is 1. The number of hydrogen-bond acceptors (Lipinski definition) is 3. The molecule has 3 N–H and O–H groups in total. The molecule has 0 spiro atoms. The second-order valence-corrected chi connectivity index (χ2v) is 5.07. The van der Waals surface area contributed by atoms with Gasteiger partial charge >= 0.3 is 6.18 Å². The van der Waals surface area contributed by atoms with E-state index in [2.05, 4.69) is 26.3 Å². The number of nitrogens with two attached hydrogens (primary N) is 1. The van der Waals surface area contributed by atoms with Gasteiger partial charge in [0.25, 0.3) is 0 Å². The van der Waals surface area contributed by atoms with Gasteiger partial charge in [-0.25, -0.2) is 0 Å². The van der Waals surface area contributed by atoms with E-state index in [1.165, 1.54) is 12.3 Å². The van der Waals surface area contributed by atoms with Gasteiger partial charge in [-0.2, -0.15) is 18.3 Å². The summed E-state index contributed by atoms with van der Waals surface area (Å²) in [5, 5.41) is 6.72. The lowest BCUT2D eigenvalue weighted by Gasteiger charge is -2.15. The molecule has 4 nitrogen and oxygen atoms in total. The lowest BCUT2D eigenvalue weighted by molar-refractivity contribution is -0.137. The van der Waals surface area contributed by atoms with Crippen LogP contribution in [0.5, 0.6) is 0 Å². The van der Waals surface area contributed by atoms with E-state index in [1.54, 1.807) is 16.9 Å². The molecule has 2 aromatic rings. The van der Waals surface area contributed by atoms with Crippen LogP contribution in [-0.2, 0) is 12.7 Å². The van der Waals surface area contributed by atoms with E-state index in [0.717, 1.165) is 6.07 Å². The third-order valence-corrected chi connectivity index (χ3v) is 3.09. The predicted molar refractivity (Wildman–Crippen MR) is 74.3 cm³/mol. The number of alkyl halides is 3. The highest BCUT2D eigenvalue weighted by Crippen LogP contribution is 2.36. The SMILES string of the molecule is Nc1cnn(CCNc2ccc(Br)cc2C(F)(F)F)c1. The van der Waals surface area contributed by atoms with Gasteiger partial charge in [0.05, 0.1) is 24.0 Å². The zero-order valence-electron chi connectivity index (χ0n) is 10.3. The zero-order chi connectivity index (χ0) is 14.8. The number of halogens is 4. The van der Waals surface area contributed by atoms with Crippen molar-refractivity contribution in [2.75, 3.05) is 17.6 Å². The van der Waals surface area contributed by atoms with Crippen molar-refractivity contribution in [3.8, 4) is 0 Å². The number of nitrogens with zero attached hydrogens (tertiary/aromatic N) is 2. The van der Waals surface area contributed by atoms with Gasteiger partial charge in [0.2, 0.25) is 0 Å². The molecule has 0 aliphatic rings. The molecule has 1 aromatic carbocycles. The van der Waals surface area contributed by atoms with Crippen LogP contribution < -0.4 is 11.1 Å². The third kappa shape index (κ3) is 3.66. The normalized spacial score (nSPS) is 11.6. The van der Waals surface area contributed by atoms with E-state index in [-0.39, 0.29) is 5.69 Å². The van der Waals surface area contributed by atoms with Gasteiger partial charge in [-0.1, -0.05) is 15.9 Å². The van der Waals surface area contributed by atoms with E-state index in [9.17, 15) is 13.2 Å². The molecule has 0 amide bonds. The molecule has 1 aromatic heterocycles. The van der Waals surface area contributed by atoms with Crippen LogP contribution in [0.1, 0.15) is 5.56 Å². The summed E-state index contributed by atoms with van der Waals surface area (Å²) in [5.74, 6) is 0. The maximum Gasteiger partial charge on any atom is 0.418 e. The molecular weight excluding hydrogens is 337 g/mol. The Labute approximate surface area is 121 Å². The fourth-order valence-electron chi connectivity index (χ4n) is 1.71. The molecule has 0 aliphatic carbocycles. The highest BCUT2D eigenvalue weighted by Gasteiger charge is 2.33. The summed E-state index contributed by atoms with van der Waals surface area (Å²) < 4.78 is 40.6. The second kappa shape index (κ2) is 5.74. The Hall–Kier alpha value is -1.70. The molecule has 0 atom stereocenters. The minimum absolute atomic E-state index is 0.0424. The van der Waals surface area contributed by atoms with E-state index < -0.39 is 11.7 Å². The molecule has 0 fully saturated rings. The fraction of sp³-hybridized carbons (Fsp3) is 0.250. The summed E-state index contributed by atoms with van der Waals surface area (Å²) in [6, 6.07) is 4.00. The van der Waals surface area contributed by atoms with E-state index in [4.69, 9.17) is 5.73 Å². The zero-order valence-corrected chi connectivity index (χ0v) is 11.9. The first-order valence-corrected chi connectivity index (χ1v) is 6.54. The topological polar surface area (TPSA) is 55.9 Å². The van der Waals surface area contributed by atoms with Gasteiger partial charge in [0.15, 0.2) is 0 Å². The van der Waals surface area contributed by atoms with Gasteiger partial charge in [-0.05, 0) is 18.2 Å². The molecule has 20 heavy (non-hydrogen) atoms. The lowest BCUT2D eigenvalue weighted by Crippen LogP contribution is -2.15. The monoisotopic (exact) mass is 348 g/mol. The maximum atomic E-state index is 12.9. The van der Waals surface area contributed by atoms with Crippen LogP contribution in [0.3, 0.4) is 0 Å². The highest BCUT2D eigenvalue weighted by atomic mass is 79.9. The number of anilines is 2. The Bertz CT molecular complexity index is 595. The molecule has 108 valence electrons. The predicted octanol–water partition coefficient (Wildman–Crippen LogP) is 3.36.